The van der Waals surface area contributed by atoms with E-state index in [0.29, 0.717) is 35.0 Å². The minimum absolute atomic E-state index is 0.0210. The summed E-state index contributed by atoms with van der Waals surface area (Å²) < 4.78 is 12.2. The molecule has 4 aromatic rings. The molecule has 0 atom stereocenters. The summed E-state index contributed by atoms with van der Waals surface area (Å²) in [5, 5.41) is 1.84. The van der Waals surface area contributed by atoms with E-state index < -0.39 is 0 Å². The number of fused-ring (bicyclic) bond motifs is 1. The Kier molecular flexibility index (Phi) is 5.57. The molecule has 0 aliphatic carbocycles. The van der Waals surface area contributed by atoms with Crippen molar-refractivity contribution in [2.45, 2.75) is 13.3 Å². The van der Waals surface area contributed by atoms with Crippen molar-refractivity contribution in [2.24, 2.45) is 0 Å². The quantitative estimate of drug-likeness (QED) is 0.269. The SMILES string of the molecule is CC(=O)c1ccc(Oc2cccc3c(Oc4ccc(CC=O)cc4)cccc23)cc1. The van der Waals surface area contributed by atoms with Crippen LogP contribution in [0.2, 0.25) is 0 Å². The largest absolute Gasteiger partial charge is 0.457 e. The zero-order valence-corrected chi connectivity index (χ0v) is 16.5. The highest BCUT2D eigenvalue weighted by Gasteiger charge is 2.09. The van der Waals surface area contributed by atoms with Gasteiger partial charge in [0.25, 0.3) is 0 Å². The van der Waals surface area contributed by atoms with E-state index in [4.69, 9.17) is 9.47 Å². The van der Waals surface area contributed by atoms with Crippen LogP contribution in [0.3, 0.4) is 0 Å². The summed E-state index contributed by atoms with van der Waals surface area (Å²) >= 11 is 0. The number of ether oxygens (including phenoxy) is 2. The molecule has 0 fully saturated rings. The second kappa shape index (κ2) is 8.62. The zero-order valence-electron chi connectivity index (χ0n) is 16.5. The number of carbonyl (C=O) groups is 2. The van der Waals surface area contributed by atoms with Gasteiger partial charge in [0.15, 0.2) is 5.78 Å². The van der Waals surface area contributed by atoms with Crippen LogP contribution in [0.25, 0.3) is 10.8 Å². The Morgan fingerprint density at radius 1 is 0.733 bits per heavy atom. The van der Waals surface area contributed by atoms with E-state index >= 15 is 0 Å². The van der Waals surface area contributed by atoms with Crippen molar-refractivity contribution in [2.75, 3.05) is 0 Å². The van der Waals surface area contributed by atoms with Crippen molar-refractivity contribution in [3.8, 4) is 23.0 Å². The van der Waals surface area contributed by atoms with Gasteiger partial charge in [-0.1, -0.05) is 36.4 Å². The summed E-state index contributed by atoms with van der Waals surface area (Å²) in [6.07, 6.45) is 1.28. The van der Waals surface area contributed by atoms with E-state index in [1.165, 1.54) is 6.92 Å². The van der Waals surface area contributed by atoms with Crippen LogP contribution < -0.4 is 9.47 Å². The van der Waals surface area contributed by atoms with Gasteiger partial charge in [-0.2, -0.15) is 0 Å². The summed E-state index contributed by atoms with van der Waals surface area (Å²) in [5.74, 6) is 2.79. The lowest BCUT2D eigenvalue weighted by Gasteiger charge is -2.13. The standard InChI is InChI=1S/C26H20O4/c1-18(28)20-10-14-22(15-11-20)30-26-7-3-4-23-24(26)5-2-6-25(23)29-21-12-8-19(9-13-21)16-17-27/h2-15,17H,16H2,1H3. The normalized spacial score (nSPS) is 10.6. The highest BCUT2D eigenvalue weighted by Crippen LogP contribution is 2.36. The lowest BCUT2D eigenvalue weighted by atomic mass is 10.1. The first-order chi connectivity index (χ1) is 14.6. The van der Waals surface area contributed by atoms with E-state index in [2.05, 4.69) is 0 Å². The molecule has 0 aliphatic heterocycles. The Hall–Kier alpha value is -3.92. The molecule has 4 heteroatoms. The number of carbonyl (C=O) groups excluding carboxylic acids is 2. The second-order valence-electron chi connectivity index (χ2n) is 6.91. The third-order valence-electron chi connectivity index (χ3n) is 4.80. The van der Waals surface area contributed by atoms with Crippen LogP contribution in [-0.4, -0.2) is 12.1 Å². The van der Waals surface area contributed by atoms with Crippen molar-refractivity contribution in [3.05, 3.63) is 96.1 Å². The van der Waals surface area contributed by atoms with Crippen molar-refractivity contribution in [3.63, 3.8) is 0 Å². The molecule has 4 rings (SSSR count). The van der Waals surface area contributed by atoms with Crippen LogP contribution in [0.15, 0.2) is 84.9 Å². The lowest BCUT2D eigenvalue weighted by molar-refractivity contribution is -0.107. The predicted octanol–water partition coefficient (Wildman–Crippen LogP) is 6.37. The van der Waals surface area contributed by atoms with Crippen molar-refractivity contribution >= 4 is 22.8 Å². The fourth-order valence-electron chi connectivity index (χ4n) is 3.23. The maximum atomic E-state index is 11.5. The van der Waals surface area contributed by atoms with Crippen LogP contribution in [0.1, 0.15) is 22.8 Å². The van der Waals surface area contributed by atoms with Crippen molar-refractivity contribution < 1.29 is 19.1 Å². The van der Waals surface area contributed by atoms with E-state index in [1.807, 2.05) is 60.7 Å². The van der Waals surface area contributed by atoms with Gasteiger partial charge in [-0.25, -0.2) is 0 Å². The average molecular weight is 396 g/mol. The molecule has 0 radical (unpaired) electrons. The maximum Gasteiger partial charge on any atom is 0.159 e. The molecule has 4 nitrogen and oxygen atoms in total. The molecular weight excluding hydrogens is 376 g/mol. The van der Waals surface area contributed by atoms with Crippen LogP contribution in [0.5, 0.6) is 23.0 Å². The predicted molar refractivity (Wildman–Crippen MR) is 117 cm³/mol. The molecule has 0 aromatic heterocycles. The van der Waals surface area contributed by atoms with Gasteiger partial charge in [-0.3, -0.25) is 4.79 Å². The van der Waals surface area contributed by atoms with E-state index in [-0.39, 0.29) is 5.78 Å². The van der Waals surface area contributed by atoms with E-state index in [9.17, 15) is 9.59 Å². The molecule has 0 N–H and O–H groups in total. The Labute approximate surface area is 174 Å². The summed E-state index contributed by atoms with van der Waals surface area (Å²) in [5.41, 5.74) is 1.59. The Morgan fingerprint density at radius 2 is 1.23 bits per heavy atom. The Bertz CT molecular complexity index is 1190. The molecule has 4 aromatic carbocycles. The third-order valence-corrected chi connectivity index (χ3v) is 4.80. The minimum Gasteiger partial charge on any atom is -0.457 e. The maximum absolute atomic E-state index is 11.5. The number of aldehydes is 1. The monoisotopic (exact) mass is 396 g/mol. The number of hydrogen-bond acceptors (Lipinski definition) is 4. The summed E-state index contributed by atoms with van der Waals surface area (Å²) in [6.45, 7) is 1.54. The fourth-order valence-corrected chi connectivity index (χ4v) is 3.23. The number of ketones is 1. The highest BCUT2D eigenvalue weighted by atomic mass is 16.5. The molecule has 0 saturated heterocycles. The number of benzene rings is 4. The van der Waals surface area contributed by atoms with Gasteiger partial charge in [-0.15, -0.1) is 0 Å². The molecule has 0 bridgehead atoms. The van der Waals surface area contributed by atoms with Crippen molar-refractivity contribution in [1.29, 1.82) is 0 Å². The molecule has 0 saturated carbocycles. The Morgan fingerprint density at radius 3 is 1.70 bits per heavy atom. The van der Waals surface area contributed by atoms with Crippen LogP contribution in [-0.2, 0) is 11.2 Å². The molecule has 30 heavy (non-hydrogen) atoms. The Balaban J connectivity index is 1.62. The zero-order chi connectivity index (χ0) is 20.9. The van der Waals surface area contributed by atoms with Gasteiger partial charge < -0.3 is 14.3 Å². The van der Waals surface area contributed by atoms with Gasteiger partial charge >= 0.3 is 0 Å². The first kappa shape index (κ1) is 19.4. The molecule has 0 spiro atoms. The molecule has 0 unspecified atom stereocenters. The average Bonchev–Trinajstić information content (AvgIpc) is 2.76. The van der Waals surface area contributed by atoms with Crippen molar-refractivity contribution in [1.82, 2.24) is 0 Å². The second-order valence-corrected chi connectivity index (χ2v) is 6.91. The number of rotatable bonds is 7. The summed E-state index contributed by atoms with van der Waals surface area (Å²) in [4.78, 5) is 22.1. The van der Waals surface area contributed by atoms with E-state index in [0.717, 1.165) is 22.6 Å². The first-order valence-corrected chi connectivity index (χ1v) is 9.65. The molecular formula is C26H20O4. The van der Waals surface area contributed by atoms with Gasteiger partial charge in [0.1, 0.15) is 29.3 Å². The molecule has 0 amide bonds. The summed E-state index contributed by atoms with van der Waals surface area (Å²) in [6, 6.07) is 26.2. The molecule has 148 valence electrons. The van der Waals surface area contributed by atoms with Crippen LogP contribution in [0, 0.1) is 0 Å². The number of hydrogen-bond donors (Lipinski definition) is 0. The summed E-state index contributed by atoms with van der Waals surface area (Å²) in [7, 11) is 0. The van der Waals surface area contributed by atoms with Crippen LogP contribution >= 0.6 is 0 Å². The van der Waals surface area contributed by atoms with Gasteiger partial charge in [-0.05, 0) is 61.0 Å². The lowest BCUT2D eigenvalue weighted by Crippen LogP contribution is -1.92. The fraction of sp³-hybridized carbons (Fsp3) is 0.0769. The first-order valence-electron chi connectivity index (χ1n) is 9.65. The van der Waals surface area contributed by atoms with E-state index in [1.54, 1.807) is 24.3 Å². The topological polar surface area (TPSA) is 52.6 Å². The van der Waals surface area contributed by atoms with Gasteiger partial charge in [0.05, 0.1) is 0 Å². The molecule has 0 aliphatic rings. The van der Waals surface area contributed by atoms with Gasteiger partial charge in [0.2, 0.25) is 0 Å². The van der Waals surface area contributed by atoms with Crippen LogP contribution in [0.4, 0.5) is 0 Å². The highest BCUT2D eigenvalue weighted by molar-refractivity contribution is 5.94. The smallest absolute Gasteiger partial charge is 0.159 e. The third kappa shape index (κ3) is 4.23. The molecule has 0 heterocycles. The minimum atomic E-state index is 0.0210. The number of Topliss-reactive ketones (excluding diaryl/α,β-unsaturated/α-hetero) is 1. The van der Waals surface area contributed by atoms with Gasteiger partial charge in [0, 0.05) is 22.8 Å².